The lowest BCUT2D eigenvalue weighted by molar-refractivity contribution is -0.137. The summed E-state index contributed by atoms with van der Waals surface area (Å²) < 4.78 is 11.1. The number of hydrogen-bond acceptors (Lipinski definition) is 4. The highest BCUT2D eigenvalue weighted by Crippen LogP contribution is 2.36. The van der Waals surface area contributed by atoms with E-state index in [1.165, 1.54) is 0 Å². The number of ketones is 1. The van der Waals surface area contributed by atoms with Gasteiger partial charge in [0.25, 0.3) is 0 Å². The summed E-state index contributed by atoms with van der Waals surface area (Å²) in [6.45, 7) is 3.80. The number of hydrogen-bond donors (Lipinski definition) is 1. The molecule has 0 aromatic carbocycles. The first-order valence-electron chi connectivity index (χ1n) is 5.64. The van der Waals surface area contributed by atoms with Crippen LogP contribution in [0, 0.1) is 5.92 Å². The second kappa shape index (κ2) is 4.20. The number of carbonyl (C=O) groups is 1. The van der Waals surface area contributed by atoms with Crippen LogP contribution in [-0.4, -0.2) is 37.2 Å². The highest BCUT2D eigenvalue weighted by molar-refractivity contribution is 5.85. The zero-order chi connectivity index (χ0) is 10.9. The van der Waals surface area contributed by atoms with Crippen LogP contribution in [0.3, 0.4) is 0 Å². The van der Waals surface area contributed by atoms with E-state index in [4.69, 9.17) is 15.2 Å². The number of nitrogens with two attached hydrogens (primary N) is 1. The lowest BCUT2D eigenvalue weighted by Crippen LogP contribution is -2.45. The van der Waals surface area contributed by atoms with Crippen LogP contribution < -0.4 is 5.73 Å². The van der Waals surface area contributed by atoms with E-state index in [0.717, 1.165) is 25.9 Å². The summed E-state index contributed by atoms with van der Waals surface area (Å²) >= 11 is 0. The van der Waals surface area contributed by atoms with Crippen molar-refractivity contribution in [2.24, 2.45) is 11.7 Å². The molecule has 4 nitrogen and oxygen atoms in total. The highest BCUT2D eigenvalue weighted by atomic mass is 16.6. The van der Waals surface area contributed by atoms with Crippen molar-refractivity contribution in [3.8, 4) is 0 Å². The lowest BCUT2D eigenvalue weighted by Gasteiger charge is -2.36. The molecule has 15 heavy (non-hydrogen) atoms. The largest absolute Gasteiger partial charge is 0.378 e. The Balaban J connectivity index is 2.00. The van der Waals surface area contributed by atoms with Gasteiger partial charge in [0.05, 0.1) is 18.2 Å². The Kier molecular flexibility index (Phi) is 3.09. The van der Waals surface area contributed by atoms with Crippen molar-refractivity contribution in [1.82, 2.24) is 0 Å². The first-order valence-corrected chi connectivity index (χ1v) is 5.64. The molecule has 2 heterocycles. The smallest absolute Gasteiger partial charge is 0.152 e. The number of carbonyl (C=O) groups excluding carboxylic acids is 1. The average Bonchev–Trinajstić information content (AvgIpc) is 2.65. The fraction of sp³-hybridized carbons (Fsp3) is 0.909. The van der Waals surface area contributed by atoms with Crippen LogP contribution in [0.25, 0.3) is 0 Å². The van der Waals surface area contributed by atoms with Crippen molar-refractivity contribution >= 4 is 5.78 Å². The topological polar surface area (TPSA) is 61.6 Å². The van der Waals surface area contributed by atoms with Gasteiger partial charge in [0, 0.05) is 25.6 Å². The molecule has 0 aromatic rings. The summed E-state index contributed by atoms with van der Waals surface area (Å²) in [5.74, 6) is 0.241. The van der Waals surface area contributed by atoms with Gasteiger partial charge in [0.2, 0.25) is 0 Å². The molecule has 0 bridgehead atoms. The Bertz CT molecular complexity index is 246. The quantitative estimate of drug-likeness (QED) is 0.725. The van der Waals surface area contributed by atoms with E-state index in [0.29, 0.717) is 13.2 Å². The molecule has 2 aliphatic heterocycles. The third-order valence-electron chi connectivity index (χ3n) is 3.41. The molecule has 1 spiro atoms. The van der Waals surface area contributed by atoms with Crippen molar-refractivity contribution in [1.29, 1.82) is 0 Å². The lowest BCUT2D eigenvalue weighted by atomic mass is 9.81. The van der Waals surface area contributed by atoms with Gasteiger partial charge in [0.15, 0.2) is 5.78 Å². The standard InChI is InChI=1S/C11H19NO3/c1-8(12)10(13)9-2-4-15-11(6-9)3-5-14-7-11/h8-9H,2-7,12H2,1H3/t8-,9?,11?/m1/s1. The first-order chi connectivity index (χ1) is 7.13. The zero-order valence-electron chi connectivity index (χ0n) is 9.20. The first kappa shape index (κ1) is 11.0. The molecule has 2 rings (SSSR count). The van der Waals surface area contributed by atoms with Crippen LogP contribution >= 0.6 is 0 Å². The summed E-state index contributed by atoms with van der Waals surface area (Å²) in [4.78, 5) is 11.8. The van der Waals surface area contributed by atoms with Gasteiger partial charge in [-0.1, -0.05) is 0 Å². The van der Waals surface area contributed by atoms with E-state index in [1.54, 1.807) is 6.92 Å². The van der Waals surface area contributed by atoms with Crippen LogP contribution in [-0.2, 0) is 14.3 Å². The molecule has 0 amide bonds. The van der Waals surface area contributed by atoms with Crippen LogP contribution in [0.5, 0.6) is 0 Å². The predicted octanol–water partition coefficient (Wildman–Crippen LogP) is 0.488. The SMILES string of the molecule is C[C@@H](N)C(=O)C1CCOC2(CCOC2)C1. The van der Waals surface area contributed by atoms with E-state index >= 15 is 0 Å². The van der Waals surface area contributed by atoms with Crippen LogP contribution in [0.2, 0.25) is 0 Å². The Labute approximate surface area is 90.1 Å². The van der Waals surface area contributed by atoms with E-state index in [1.807, 2.05) is 0 Å². The third kappa shape index (κ3) is 2.22. The minimum absolute atomic E-state index is 0.0699. The molecule has 2 fully saturated rings. The summed E-state index contributed by atoms with van der Waals surface area (Å²) in [6, 6.07) is -0.354. The van der Waals surface area contributed by atoms with Gasteiger partial charge in [-0.25, -0.2) is 0 Å². The number of rotatable bonds is 2. The van der Waals surface area contributed by atoms with E-state index < -0.39 is 0 Å². The van der Waals surface area contributed by atoms with Crippen molar-refractivity contribution in [2.75, 3.05) is 19.8 Å². The van der Waals surface area contributed by atoms with E-state index in [9.17, 15) is 4.79 Å². The number of ether oxygens (including phenoxy) is 2. The molecule has 0 radical (unpaired) electrons. The molecule has 0 saturated carbocycles. The van der Waals surface area contributed by atoms with Gasteiger partial charge in [-0.05, 0) is 19.8 Å². The monoisotopic (exact) mass is 213 g/mol. The molecule has 86 valence electrons. The van der Waals surface area contributed by atoms with Crippen molar-refractivity contribution < 1.29 is 14.3 Å². The molecule has 2 saturated heterocycles. The average molecular weight is 213 g/mol. The zero-order valence-corrected chi connectivity index (χ0v) is 9.20. The molecule has 0 aromatic heterocycles. The second-order valence-electron chi connectivity index (χ2n) is 4.71. The predicted molar refractivity (Wildman–Crippen MR) is 55.5 cm³/mol. The summed E-state index contributed by atoms with van der Waals surface area (Å²) in [7, 11) is 0. The van der Waals surface area contributed by atoms with Crippen LogP contribution in [0.1, 0.15) is 26.2 Å². The number of Topliss-reactive ketones (excluding diaryl/α,β-unsaturated/α-hetero) is 1. The van der Waals surface area contributed by atoms with Gasteiger partial charge in [0.1, 0.15) is 0 Å². The molecule has 0 aliphatic carbocycles. The summed E-state index contributed by atoms with van der Waals surface area (Å²) in [6.07, 6.45) is 2.51. The maximum Gasteiger partial charge on any atom is 0.152 e. The van der Waals surface area contributed by atoms with Crippen molar-refractivity contribution in [2.45, 2.75) is 37.8 Å². The summed E-state index contributed by atoms with van der Waals surface area (Å²) in [5.41, 5.74) is 5.45. The Morgan fingerprint density at radius 3 is 2.93 bits per heavy atom. The van der Waals surface area contributed by atoms with Crippen LogP contribution in [0.15, 0.2) is 0 Å². The maximum absolute atomic E-state index is 11.8. The maximum atomic E-state index is 11.8. The van der Waals surface area contributed by atoms with Gasteiger partial charge in [-0.3, -0.25) is 4.79 Å². The minimum Gasteiger partial charge on any atom is -0.378 e. The summed E-state index contributed by atoms with van der Waals surface area (Å²) in [5, 5.41) is 0. The van der Waals surface area contributed by atoms with Gasteiger partial charge in [-0.2, -0.15) is 0 Å². The molecule has 2 aliphatic rings. The molecule has 2 N–H and O–H groups in total. The normalized spacial score (nSPS) is 38.1. The van der Waals surface area contributed by atoms with Gasteiger partial charge in [-0.15, -0.1) is 0 Å². The Morgan fingerprint density at radius 1 is 1.53 bits per heavy atom. The molecule has 3 atom stereocenters. The Morgan fingerprint density at radius 2 is 2.33 bits per heavy atom. The second-order valence-corrected chi connectivity index (χ2v) is 4.71. The fourth-order valence-corrected chi connectivity index (χ4v) is 2.51. The highest BCUT2D eigenvalue weighted by Gasteiger charge is 2.43. The van der Waals surface area contributed by atoms with Crippen LogP contribution in [0.4, 0.5) is 0 Å². The van der Waals surface area contributed by atoms with Crippen molar-refractivity contribution in [3.05, 3.63) is 0 Å². The fourth-order valence-electron chi connectivity index (χ4n) is 2.51. The van der Waals surface area contributed by atoms with E-state index in [2.05, 4.69) is 0 Å². The van der Waals surface area contributed by atoms with Gasteiger partial charge >= 0.3 is 0 Å². The third-order valence-corrected chi connectivity index (χ3v) is 3.41. The molecular weight excluding hydrogens is 194 g/mol. The molecular formula is C11H19NO3. The minimum atomic E-state index is -0.354. The van der Waals surface area contributed by atoms with Crippen molar-refractivity contribution in [3.63, 3.8) is 0 Å². The molecule has 4 heteroatoms. The Hall–Kier alpha value is -0.450. The van der Waals surface area contributed by atoms with E-state index in [-0.39, 0.29) is 23.3 Å². The van der Waals surface area contributed by atoms with Gasteiger partial charge < -0.3 is 15.2 Å². The molecule has 2 unspecified atom stereocenters.